The number of terminal acetylenes is 1. The van der Waals surface area contributed by atoms with Crippen LogP contribution in [0, 0.1) is 12.3 Å². The molecule has 138 valence electrons. The highest BCUT2D eigenvalue weighted by molar-refractivity contribution is 5.78. The number of nitrogens with one attached hydrogen (secondary N) is 2. The van der Waals surface area contributed by atoms with Gasteiger partial charge in [0.05, 0.1) is 12.1 Å². The summed E-state index contributed by atoms with van der Waals surface area (Å²) in [4.78, 5) is 26.1. The standard InChI is InChI=1S/C17H27N5O3/c1-5-6-8-17(20-21-17)9-7-15(23)22-10-13(14(11-22)25-4)19-16(24)18-12(2)3/h1,12-14H,6-11H2,2-4H3,(H2,18,19,24). The molecule has 2 atom stereocenters. The molecule has 3 amide bonds. The molecule has 1 fully saturated rings. The predicted molar refractivity (Wildman–Crippen MR) is 92.9 cm³/mol. The minimum atomic E-state index is -0.447. The number of likely N-dealkylation sites (tertiary alicyclic amines) is 1. The van der Waals surface area contributed by atoms with Crippen LogP contribution in [-0.2, 0) is 9.53 Å². The lowest BCUT2D eigenvalue weighted by molar-refractivity contribution is -0.130. The molecule has 2 N–H and O–H groups in total. The van der Waals surface area contributed by atoms with Crippen molar-refractivity contribution in [2.75, 3.05) is 20.2 Å². The fraction of sp³-hybridized carbons (Fsp3) is 0.765. The SMILES string of the molecule is C#CCCC1(CCC(=O)N2CC(NC(=O)NC(C)C)C(OC)C2)N=N1. The first-order chi connectivity index (χ1) is 11.9. The van der Waals surface area contributed by atoms with Crippen LogP contribution in [-0.4, -0.2) is 60.9 Å². The van der Waals surface area contributed by atoms with E-state index in [4.69, 9.17) is 11.2 Å². The zero-order valence-corrected chi connectivity index (χ0v) is 15.1. The summed E-state index contributed by atoms with van der Waals surface area (Å²) in [6.45, 7) is 4.69. The van der Waals surface area contributed by atoms with E-state index in [0.29, 0.717) is 38.8 Å². The van der Waals surface area contributed by atoms with Crippen molar-refractivity contribution in [1.82, 2.24) is 15.5 Å². The fourth-order valence-corrected chi connectivity index (χ4v) is 2.96. The second-order valence-corrected chi connectivity index (χ2v) is 6.84. The minimum absolute atomic E-state index is 0.0213. The molecule has 0 aromatic heterocycles. The Morgan fingerprint density at radius 2 is 2.08 bits per heavy atom. The summed E-state index contributed by atoms with van der Waals surface area (Å²) in [5.41, 5.74) is -0.447. The Bertz CT molecular complexity index is 563. The number of amides is 3. The molecule has 0 radical (unpaired) electrons. The minimum Gasteiger partial charge on any atom is -0.377 e. The van der Waals surface area contributed by atoms with Gasteiger partial charge < -0.3 is 20.3 Å². The summed E-state index contributed by atoms with van der Waals surface area (Å²) in [6, 6.07) is -0.427. The summed E-state index contributed by atoms with van der Waals surface area (Å²) < 4.78 is 5.43. The van der Waals surface area contributed by atoms with Gasteiger partial charge in [0.1, 0.15) is 0 Å². The summed E-state index contributed by atoms with van der Waals surface area (Å²) in [5, 5.41) is 13.8. The Morgan fingerprint density at radius 1 is 1.36 bits per heavy atom. The number of carbonyl (C=O) groups excluding carboxylic acids is 2. The Kier molecular flexibility index (Phi) is 6.37. The van der Waals surface area contributed by atoms with Crippen LogP contribution in [0.1, 0.15) is 39.5 Å². The van der Waals surface area contributed by atoms with Crippen LogP contribution in [0.2, 0.25) is 0 Å². The molecule has 8 nitrogen and oxygen atoms in total. The maximum absolute atomic E-state index is 12.5. The largest absolute Gasteiger partial charge is 0.377 e. The number of urea groups is 1. The van der Waals surface area contributed by atoms with Gasteiger partial charge in [0, 0.05) is 51.9 Å². The van der Waals surface area contributed by atoms with Crippen LogP contribution in [0.4, 0.5) is 4.79 Å². The van der Waals surface area contributed by atoms with Crippen molar-refractivity contribution in [2.45, 2.75) is 63.4 Å². The van der Waals surface area contributed by atoms with Gasteiger partial charge in [-0.25, -0.2) is 4.79 Å². The van der Waals surface area contributed by atoms with Crippen LogP contribution < -0.4 is 10.6 Å². The van der Waals surface area contributed by atoms with Gasteiger partial charge in [-0.2, -0.15) is 10.2 Å². The highest BCUT2D eigenvalue weighted by atomic mass is 16.5. The molecule has 2 heterocycles. The summed E-state index contributed by atoms with van der Waals surface area (Å²) >= 11 is 0. The predicted octanol–water partition coefficient (Wildman–Crippen LogP) is 1.28. The molecule has 2 aliphatic heterocycles. The molecular weight excluding hydrogens is 322 g/mol. The number of hydrogen-bond acceptors (Lipinski definition) is 5. The van der Waals surface area contributed by atoms with Gasteiger partial charge in [-0.1, -0.05) is 0 Å². The van der Waals surface area contributed by atoms with Crippen LogP contribution in [0.5, 0.6) is 0 Å². The number of nitrogens with zero attached hydrogens (tertiary/aromatic N) is 3. The third kappa shape index (κ3) is 5.43. The average Bonchev–Trinajstić information content (AvgIpc) is 3.22. The van der Waals surface area contributed by atoms with Gasteiger partial charge in [-0.15, -0.1) is 12.3 Å². The third-order valence-corrected chi connectivity index (χ3v) is 4.45. The van der Waals surface area contributed by atoms with Crippen molar-refractivity contribution in [3.05, 3.63) is 0 Å². The van der Waals surface area contributed by atoms with E-state index in [1.807, 2.05) is 13.8 Å². The monoisotopic (exact) mass is 349 g/mol. The van der Waals surface area contributed by atoms with E-state index >= 15 is 0 Å². The second kappa shape index (κ2) is 8.30. The van der Waals surface area contributed by atoms with Gasteiger partial charge >= 0.3 is 6.03 Å². The lowest BCUT2D eigenvalue weighted by Crippen LogP contribution is -2.49. The molecule has 2 rings (SSSR count). The van der Waals surface area contributed by atoms with E-state index < -0.39 is 5.66 Å². The molecule has 2 unspecified atom stereocenters. The number of rotatable bonds is 8. The molecular formula is C17H27N5O3. The second-order valence-electron chi connectivity index (χ2n) is 6.84. The first kappa shape index (κ1) is 19.2. The topological polar surface area (TPSA) is 95.4 Å². The zero-order valence-electron chi connectivity index (χ0n) is 15.1. The normalized spacial score (nSPS) is 23.4. The number of methoxy groups -OCH3 is 1. The number of carbonyl (C=O) groups is 2. The van der Waals surface area contributed by atoms with Crippen LogP contribution >= 0.6 is 0 Å². The Hall–Kier alpha value is -2.14. The Balaban J connectivity index is 1.81. The van der Waals surface area contributed by atoms with Crippen molar-refractivity contribution in [3.63, 3.8) is 0 Å². The van der Waals surface area contributed by atoms with Gasteiger partial charge in [0.15, 0.2) is 5.66 Å². The fourth-order valence-electron chi connectivity index (χ4n) is 2.96. The Labute approximate surface area is 148 Å². The van der Waals surface area contributed by atoms with E-state index in [1.165, 1.54) is 0 Å². The first-order valence-electron chi connectivity index (χ1n) is 8.64. The van der Waals surface area contributed by atoms with Crippen molar-refractivity contribution in [1.29, 1.82) is 0 Å². The van der Waals surface area contributed by atoms with Gasteiger partial charge in [-0.3, -0.25) is 4.79 Å². The quantitative estimate of drug-likeness (QED) is 0.646. The highest BCUT2D eigenvalue weighted by Gasteiger charge is 2.41. The van der Waals surface area contributed by atoms with Crippen LogP contribution in [0.3, 0.4) is 0 Å². The summed E-state index contributed by atoms with van der Waals surface area (Å²) in [6.07, 6.45) is 7.29. The van der Waals surface area contributed by atoms with Crippen molar-refractivity contribution >= 4 is 11.9 Å². The van der Waals surface area contributed by atoms with E-state index in [1.54, 1.807) is 12.0 Å². The molecule has 0 aromatic carbocycles. The van der Waals surface area contributed by atoms with E-state index in [-0.39, 0.29) is 30.1 Å². The zero-order chi connectivity index (χ0) is 18.4. The number of ether oxygens (including phenoxy) is 1. The van der Waals surface area contributed by atoms with Gasteiger partial charge in [-0.05, 0) is 13.8 Å². The molecule has 0 aromatic rings. The maximum atomic E-state index is 12.5. The van der Waals surface area contributed by atoms with E-state index in [0.717, 1.165) is 0 Å². The molecule has 1 saturated heterocycles. The van der Waals surface area contributed by atoms with Crippen molar-refractivity contribution in [2.24, 2.45) is 10.2 Å². The lowest BCUT2D eigenvalue weighted by atomic mass is 10.0. The molecule has 0 bridgehead atoms. The summed E-state index contributed by atoms with van der Waals surface area (Å²) in [7, 11) is 1.59. The average molecular weight is 349 g/mol. The molecule has 0 spiro atoms. The molecule has 2 aliphatic rings. The van der Waals surface area contributed by atoms with E-state index in [2.05, 4.69) is 26.8 Å². The Morgan fingerprint density at radius 3 is 2.64 bits per heavy atom. The molecule has 0 saturated carbocycles. The molecule has 0 aliphatic carbocycles. The summed E-state index contributed by atoms with van der Waals surface area (Å²) in [5.74, 6) is 2.60. The first-order valence-corrected chi connectivity index (χ1v) is 8.64. The lowest BCUT2D eigenvalue weighted by Gasteiger charge is -2.19. The maximum Gasteiger partial charge on any atom is 0.315 e. The van der Waals surface area contributed by atoms with Gasteiger partial charge in [0.2, 0.25) is 5.91 Å². The van der Waals surface area contributed by atoms with E-state index in [9.17, 15) is 9.59 Å². The highest BCUT2D eigenvalue weighted by Crippen LogP contribution is 2.37. The van der Waals surface area contributed by atoms with Gasteiger partial charge in [0.25, 0.3) is 0 Å². The van der Waals surface area contributed by atoms with Crippen molar-refractivity contribution < 1.29 is 14.3 Å². The van der Waals surface area contributed by atoms with Crippen LogP contribution in [0.25, 0.3) is 0 Å². The van der Waals surface area contributed by atoms with Crippen LogP contribution in [0.15, 0.2) is 10.2 Å². The molecule has 25 heavy (non-hydrogen) atoms. The molecule has 8 heteroatoms. The van der Waals surface area contributed by atoms with Crippen molar-refractivity contribution in [3.8, 4) is 12.3 Å². The number of hydrogen-bond donors (Lipinski definition) is 2. The smallest absolute Gasteiger partial charge is 0.315 e. The third-order valence-electron chi connectivity index (χ3n) is 4.45.